The molecule has 1 saturated heterocycles. The van der Waals surface area contributed by atoms with Crippen LogP contribution in [0.1, 0.15) is 18.4 Å². The highest BCUT2D eigenvalue weighted by molar-refractivity contribution is 5.45. The smallest absolute Gasteiger partial charge is 0.131 e. The molecule has 16 heavy (non-hydrogen) atoms. The molecule has 1 N–H and O–H groups in total. The summed E-state index contributed by atoms with van der Waals surface area (Å²) in [6.45, 7) is 3.82. The van der Waals surface area contributed by atoms with Crippen molar-refractivity contribution in [2.24, 2.45) is 0 Å². The molecule has 1 aromatic rings. The Hall–Kier alpha value is -1.13. The van der Waals surface area contributed by atoms with Crippen LogP contribution >= 0.6 is 0 Å². The van der Waals surface area contributed by atoms with Crippen LogP contribution in [-0.4, -0.2) is 35.8 Å². The van der Waals surface area contributed by atoms with Crippen LogP contribution in [0.15, 0.2) is 18.3 Å². The highest BCUT2D eigenvalue weighted by Gasteiger charge is 2.22. The molecule has 3 heterocycles. The Labute approximate surface area is 95.6 Å². The molecule has 0 radical (unpaired) electrons. The summed E-state index contributed by atoms with van der Waals surface area (Å²) in [5.74, 6) is 1.03. The standard InChI is InChI=1S/C12H17N3O/c1-3-10-7-15(8-11-4-2-6-16-11)9-14-12(10)13-5-1/h1,3,5,11H,2,4,6-9H2,(H,13,14). The molecule has 1 fully saturated rings. The second kappa shape index (κ2) is 4.39. The van der Waals surface area contributed by atoms with Crippen molar-refractivity contribution in [1.82, 2.24) is 9.88 Å². The Bertz CT molecular complexity index is 363. The van der Waals surface area contributed by atoms with Gasteiger partial charge in [-0.25, -0.2) is 4.98 Å². The maximum atomic E-state index is 5.66. The molecule has 86 valence electrons. The number of anilines is 1. The van der Waals surface area contributed by atoms with Crippen LogP contribution in [0.5, 0.6) is 0 Å². The summed E-state index contributed by atoms with van der Waals surface area (Å²) in [7, 11) is 0. The van der Waals surface area contributed by atoms with Gasteiger partial charge in [0.15, 0.2) is 0 Å². The van der Waals surface area contributed by atoms with Crippen LogP contribution in [0.3, 0.4) is 0 Å². The van der Waals surface area contributed by atoms with Gasteiger partial charge < -0.3 is 10.1 Å². The van der Waals surface area contributed by atoms with E-state index < -0.39 is 0 Å². The molecule has 1 atom stereocenters. The molecule has 0 spiro atoms. The molecule has 0 aromatic carbocycles. The largest absolute Gasteiger partial charge is 0.377 e. The van der Waals surface area contributed by atoms with Crippen molar-refractivity contribution < 1.29 is 4.74 Å². The van der Waals surface area contributed by atoms with Crippen LogP contribution in [0.2, 0.25) is 0 Å². The fraction of sp³-hybridized carbons (Fsp3) is 0.583. The third-order valence-electron chi connectivity index (χ3n) is 3.24. The van der Waals surface area contributed by atoms with Crippen molar-refractivity contribution in [1.29, 1.82) is 0 Å². The van der Waals surface area contributed by atoms with Crippen LogP contribution < -0.4 is 5.32 Å². The first-order valence-electron chi connectivity index (χ1n) is 5.93. The van der Waals surface area contributed by atoms with Gasteiger partial charge in [-0.3, -0.25) is 4.90 Å². The Balaban J connectivity index is 1.63. The first-order chi connectivity index (χ1) is 7.92. The van der Waals surface area contributed by atoms with E-state index in [2.05, 4.69) is 21.3 Å². The lowest BCUT2D eigenvalue weighted by atomic mass is 10.2. The van der Waals surface area contributed by atoms with Crippen LogP contribution in [0, 0.1) is 0 Å². The minimum atomic E-state index is 0.431. The summed E-state index contributed by atoms with van der Waals surface area (Å²) in [5.41, 5.74) is 1.28. The molecule has 1 aromatic heterocycles. The zero-order valence-corrected chi connectivity index (χ0v) is 9.35. The van der Waals surface area contributed by atoms with Gasteiger partial charge in [0.25, 0.3) is 0 Å². The number of nitrogens with zero attached hydrogens (tertiary/aromatic N) is 2. The molecule has 0 bridgehead atoms. The van der Waals surface area contributed by atoms with Crippen molar-refractivity contribution in [2.75, 3.05) is 25.1 Å². The molecule has 0 amide bonds. The highest BCUT2D eigenvalue weighted by Crippen LogP contribution is 2.21. The summed E-state index contributed by atoms with van der Waals surface area (Å²) < 4.78 is 5.66. The fourth-order valence-corrected chi connectivity index (χ4v) is 2.41. The molecule has 2 aliphatic heterocycles. The average molecular weight is 219 g/mol. The predicted molar refractivity (Wildman–Crippen MR) is 62.1 cm³/mol. The van der Waals surface area contributed by atoms with E-state index in [1.54, 1.807) is 0 Å². The third kappa shape index (κ3) is 2.03. The first kappa shape index (κ1) is 10.1. The maximum Gasteiger partial charge on any atom is 0.131 e. The first-order valence-corrected chi connectivity index (χ1v) is 5.93. The van der Waals surface area contributed by atoms with Gasteiger partial charge in [-0.1, -0.05) is 6.07 Å². The molecule has 2 aliphatic rings. The molecule has 3 rings (SSSR count). The molecule has 0 aliphatic carbocycles. The summed E-state index contributed by atoms with van der Waals surface area (Å²) in [6, 6.07) is 4.13. The SMILES string of the molecule is c1cnc2c(c1)CN(CC1CCCO1)CN2. The van der Waals surface area contributed by atoms with Crippen LogP contribution in [0.25, 0.3) is 0 Å². The van der Waals surface area contributed by atoms with E-state index in [0.717, 1.165) is 32.2 Å². The Kier molecular flexibility index (Phi) is 2.76. The highest BCUT2D eigenvalue weighted by atomic mass is 16.5. The number of hydrogen-bond donors (Lipinski definition) is 1. The molecule has 4 heteroatoms. The van der Waals surface area contributed by atoms with E-state index in [0.29, 0.717) is 6.10 Å². The number of rotatable bonds is 2. The number of pyridine rings is 1. The summed E-state index contributed by atoms with van der Waals surface area (Å²) in [6.07, 6.45) is 4.68. The third-order valence-corrected chi connectivity index (χ3v) is 3.24. The minimum Gasteiger partial charge on any atom is -0.377 e. The van der Waals surface area contributed by atoms with E-state index >= 15 is 0 Å². The number of fused-ring (bicyclic) bond motifs is 1. The van der Waals surface area contributed by atoms with Crippen molar-refractivity contribution in [3.63, 3.8) is 0 Å². The monoisotopic (exact) mass is 219 g/mol. The van der Waals surface area contributed by atoms with Gasteiger partial charge in [-0.15, -0.1) is 0 Å². The maximum absolute atomic E-state index is 5.66. The zero-order chi connectivity index (χ0) is 10.8. The van der Waals surface area contributed by atoms with Crippen molar-refractivity contribution in [3.8, 4) is 0 Å². The predicted octanol–water partition coefficient (Wildman–Crippen LogP) is 1.45. The van der Waals surface area contributed by atoms with Gasteiger partial charge in [-0.05, 0) is 18.9 Å². The fourth-order valence-electron chi connectivity index (χ4n) is 2.41. The molecular formula is C12H17N3O. The van der Waals surface area contributed by atoms with E-state index in [1.807, 2.05) is 12.3 Å². The van der Waals surface area contributed by atoms with Crippen molar-refractivity contribution in [2.45, 2.75) is 25.5 Å². The van der Waals surface area contributed by atoms with Gasteiger partial charge in [0, 0.05) is 31.5 Å². The van der Waals surface area contributed by atoms with E-state index in [1.165, 1.54) is 18.4 Å². The topological polar surface area (TPSA) is 37.4 Å². The number of ether oxygens (including phenoxy) is 1. The van der Waals surface area contributed by atoms with Gasteiger partial charge in [0.05, 0.1) is 12.8 Å². The summed E-state index contributed by atoms with van der Waals surface area (Å²) in [4.78, 5) is 6.71. The van der Waals surface area contributed by atoms with E-state index in [9.17, 15) is 0 Å². The summed E-state index contributed by atoms with van der Waals surface area (Å²) >= 11 is 0. The molecular weight excluding hydrogens is 202 g/mol. The Morgan fingerprint density at radius 1 is 1.56 bits per heavy atom. The zero-order valence-electron chi connectivity index (χ0n) is 9.35. The second-order valence-corrected chi connectivity index (χ2v) is 4.49. The molecule has 0 saturated carbocycles. The number of aromatic nitrogens is 1. The minimum absolute atomic E-state index is 0.431. The number of nitrogens with one attached hydrogen (secondary N) is 1. The lowest BCUT2D eigenvalue weighted by Gasteiger charge is -2.30. The molecule has 4 nitrogen and oxygen atoms in total. The molecule has 1 unspecified atom stereocenters. The van der Waals surface area contributed by atoms with Gasteiger partial charge in [0.2, 0.25) is 0 Å². The van der Waals surface area contributed by atoms with Gasteiger partial charge >= 0.3 is 0 Å². The normalized spacial score (nSPS) is 25.1. The van der Waals surface area contributed by atoms with Gasteiger partial charge in [-0.2, -0.15) is 0 Å². The van der Waals surface area contributed by atoms with E-state index in [-0.39, 0.29) is 0 Å². The lowest BCUT2D eigenvalue weighted by Crippen LogP contribution is -2.38. The van der Waals surface area contributed by atoms with Crippen molar-refractivity contribution >= 4 is 5.82 Å². The van der Waals surface area contributed by atoms with Crippen LogP contribution in [-0.2, 0) is 11.3 Å². The Morgan fingerprint density at radius 2 is 2.56 bits per heavy atom. The van der Waals surface area contributed by atoms with Gasteiger partial charge in [0.1, 0.15) is 5.82 Å². The summed E-state index contributed by atoms with van der Waals surface area (Å²) in [5, 5.41) is 3.35. The Morgan fingerprint density at radius 3 is 3.44 bits per heavy atom. The van der Waals surface area contributed by atoms with Crippen LogP contribution in [0.4, 0.5) is 5.82 Å². The quantitative estimate of drug-likeness (QED) is 0.817. The second-order valence-electron chi connectivity index (χ2n) is 4.49. The lowest BCUT2D eigenvalue weighted by molar-refractivity contribution is 0.0719. The van der Waals surface area contributed by atoms with Crippen molar-refractivity contribution in [3.05, 3.63) is 23.9 Å². The van der Waals surface area contributed by atoms with E-state index in [4.69, 9.17) is 4.74 Å². The number of hydrogen-bond acceptors (Lipinski definition) is 4. The average Bonchev–Trinajstić information content (AvgIpc) is 2.82.